The molecule has 2 aromatic carbocycles. The maximum absolute atomic E-state index is 11.9. The Balaban J connectivity index is 2.30. The second-order valence-corrected chi connectivity index (χ2v) is 6.97. The Morgan fingerprint density at radius 2 is 1.40 bits per heavy atom. The summed E-state index contributed by atoms with van der Waals surface area (Å²) in [6.07, 6.45) is -0.292. The van der Waals surface area contributed by atoms with Gasteiger partial charge in [0.2, 0.25) is 6.29 Å². The zero-order valence-corrected chi connectivity index (χ0v) is 19.8. The van der Waals surface area contributed by atoms with Crippen molar-refractivity contribution in [2.45, 2.75) is 13.2 Å². The van der Waals surface area contributed by atoms with Crippen LogP contribution in [0.25, 0.3) is 0 Å². The predicted molar refractivity (Wildman–Crippen MR) is 123 cm³/mol. The van der Waals surface area contributed by atoms with Crippen LogP contribution < -0.4 is 19.1 Å². The molecule has 2 aromatic rings. The summed E-state index contributed by atoms with van der Waals surface area (Å²) in [6.45, 7) is 0.733. The molecule has 1 unspecified atom stereocenters. The summed E-state index contributed by atoms with van der Waals surface area (Å²) >= 11 is 0. The molecule has 0 N–H and O–H groups in total. The number of carbonyl (C=O) groups excluding carboxylic acids is 4. The first kappa shape index (κ1) is 27.0. The molecule has 0 aliphatic rings. The summed E-state index contributed by atoms with van der Waals surface area (Å²) in [5, 5.41) is 0. The molecule has 0 aromatic heterocycles. The fraction of sp³-hybridized carbons (Fsp3) is 0.333. The average molecular weight is 489 g/mol. The number of aldehydes is 1. The number of esters is 3. The second kappa shape index (κ2) is 13.4. The van der Waals surface area contributed by atoms with Crippen LogP contribution in [0, 0.1) is 0 Å². The summed E-state index contributed by atoms with van der Waals surface area (Å²) in [6, 6.07) is 11.1. The molecule has 11 nitrogen and oxygen atoms in total. The molecule has 11 heteroatoms. The molecule has 2 rings (SSSR count). The molecule has 0 spiro atoms. The first-order chi connectivity index (χ1) is 16.8. The molecule has 35 heavy (non-hydrogen) atoms. The predicted octanol–water partition coefficient (Wildman–Crippen LogP) is 2.01. The van der Waals surface area contributed by atoms with Gasteiger partial charge in [-0.15, -0.1) is 0 Å². The average Bonchev–Trinajstić information content (AvgIpc) is 2.87. The van der Waals surface area contributed by atoms with E-state index in [1.165, 1.54) is 44.4 Å². The van der Waals surface area contributed by atoms with Crippen molar-refractivity contribution in [3.8, 4) is 17.2 Å². The Morgan fingerprint density at radius 1 is 0.829 bits per heavy atom. The van der Waals surface area contributed by atoms with E-state index in [2.05, 4.69) is 4.74 Å². The molecule has 0 amide bonds. The van der Waals surface area contributed by atoms with Gasteiger partial charge >= 0.3 is 17.9 Å². The number of rotatable bonds is 13. The van der Waals surface area contributed by atoms with Crippen molar-refractivity contribution in [1.29, 1.82) is 0 Å². The van der Waals surface area contributed by atoms with Crippen LogP contribution in [-0.2, 0) is 28.6 Å². The van der Waals surface area contributed by atoms with E-state index in [0.717, 1.165) is 0 Å². The highest BCUT2D eigenvalue weighted by atomic mass is 16.7. The van der Waals surface area contributed by atoms with Gasteiger partial charge in [0, 0.05) is 12.5 Å². The lowest BCUT2D eigenvalue weighted by Gasteiger charge is -2.26. The van der Waals surface area contributed by atoms with Crippen LogP contribution >= 0.6 is 0 Å². The molecule has 0 fully saturated rings. The number of carbonyl (C=O) groups is 4. The van der Waals surface area contributed by atoms with Crippen LogP contribution in [0.15, 0.2) is 42.5 Å². The summed E-state index contributed by atoms with van der Waals surface area (Å²) in [5.41, 5.74) is 0.630. The Labute approximate surface area is 202 Å². The summed E-state index contributed by atoms with van der Waals surface area (Å²) in [5.74, 6) is -1.01. The fourth-order valence-electron chi connectivity index (χ4n) is 2.87. The zero-order valence-electron chi connectivity index (χ0n) is 19.8. The van der Waals surface area contributed by atoms with Gasteiger partial charge in [-0.05, 0) is 30.3 Å². The van der Waals surface area contributed by atoms with Crippen LogP contribution in [0.5, 0.6) is 17.2 Å². The third-order valence-electron chi connectivity index (χ3n) is 4.56. The lowest BCUT2D eigenvalue weighted by molar-refractivity contribution is -0.143. The standard InChI is InChI=1S/C24H27NO10/c1-16(34-20-8-6-5-7-19(20)33-15-24(29)32-4)35-21-11-17(14-26)9-10-18(21)25(12-22(27)30-2)13-23(28)31-3/h5-11,14,16H,12-13,15H2,1-4H3. The number of nitrogens with zero attached hydrogens (tertiary/aromatic N) is 1. The van der Waals surface area contributed by atoms with E-state index < -0.39 is 24.2 Å². The Morgan fingerprint density at radius 3 is 1.97 bits per heavy atom. The lowest BCUT2D eigenvalue weighted by atomic mass is 10.2. The summed E-state index contributed by atoms with van der Waals surface area (Å²) in [7, 11) is 3.70. The number of anilines is 1. The van der Waals surface area contributed by atoms with Gasteiger partial charge in [0.15, 0.2) is 18.1 Å². The van der Waals surface area contributed by atoms with Gasteiger partial charge < -0.3 is 33.3 Å². The molecule has 0 saturated carbocycles. The Bertz CT molecular complexity index is 1020. The van der Waals surface area contributed by atoms with E-state index >= 15 is 0 Å². The van der Waals surface area contributed by atoms with Gasteiger partial charge in [-0.25, -0.2) is 4.79 Å². The van der Waals surface area contributed by atoms with Crippen LogP contribution in [0.3, 0.4) is 0 Å². The fourth-order valence-corrected chi connectivity index (χ4v) is 2.87. The van der Waals surface area contributed by atoms with E-state index in [4.69, 9.17) is 23.7 Å². The van der Waals surface area contributed by atoms with Crippen molar-refractivity contribution in [3.63, 3.8) is 0 Å². The van der Waals surface area contributed by atoms with E-state index in [1.807, 2.05) is 0 Å². The van der Waals surface area contributed by atoms with Crippen molar-refractivity contribution < 1.29 is 47.6 Å². The SMILES string of the molecule is COC(=O)COc1ccccc1OC(C)Oc1cc(C=O)ccc1N(CC(=O)OC)CC(=O)OC. The molecule has 0 saturated heterocycles. The van der Waals surface area contributed by atoms with E-state index in [1.54, 1.807) is 31.2 Å². The van der Waals surface area contributed by atoms with Crippen LogP contribution in [0.1, 0.15) is 17.3 Å². The maximum atomic E-state index is 11.9. The van der Waals surface area contributed by atoms with Crippen molar-refractivity contribution >= 4 is 29.9 Å². The van der Waals surface area contributed by atoms with Crippen molar-refractivity contribution in [3.05, 3.63) is 48.0 Å². The first-order valence-electron chi connectivity index (χ1n) is 10.4. The largest absolute Gasteiger partial charge is 0.478 e. The van der Waals surface area contributed by atoms with Crippen LogP contribution in [0.2, 0.25) is 0 Å². The van der Waals surface area contributed by atoms with Gasteiger partial charge in [0.1, 0.15) is 25.1 Å². The maximum Gasteiger partial charge on any atom is 0.343 e. The summed E-state index contributed by atoms with van der Waals surface area (Å²) < 4.78 is 31.2. The van der Waals surface area contributed by atoms with Crippen LogP contribution in [0.4, 0.5) is 5.69 Å². The van der Waals surface area contributed by atoms with Gasteiger partial charge in [-0.3, -0.25) is 14.4 Å². The highest BCUT2D eigenvalue weighted by molar-refractivity contribution is 5.84. The molecular weight excluding hydrogens is 462 g/mol. The molecule has 1 atom stereocenters. The van der Waals surface area contributed by atoms with Gasteiger partial charge in [0.25, 0.3) is 0 Å². The number of ether oxygens (including phenoxy) is 6. The normalized spacial score (nSPS) is 11.0. The van der Waals surface area contributed by atoms with E-state index in [0.29, 0.717) is 17.5 Å². The molecule has 0 bridgehead atoms. The number of hydrogen-bond donors (Lipinski definition) is 0. The van der Waals surface area contributed by atoms with Crippen molar-refractivity contribution in [1.82, 2.24) is 0 Å². The number of para-hydroxylation sites is 2. The minimum absolute atomic E-state index is 0.169. The zero-order chi connectivity index (χ0) is 25.8. The van der Waals surface area contributed by atoms with E-state index in [9.17, 15) is 19.2 Å². The van der Waals surface area contributed by atoms with Gasteiger partial charge in [-0.2, -0.15) is 0 Å². The number of methoxy groups -OCH3 is 3. The first-order valence-corrected chi connectivity index (χ1v) is 10.4. The monoisotopic (exact) mass is 489 g/mol. The van der Waals surface area contributed by atoms with Crippen molar-refractivity contribution in [2.24, 2.45) is 0 Å². The molecule has 0 aliphatic heterocycles. The highest BCUT2D eigenvalue weighted by Crippen LogP contribution is 2.32. The minimum Gasteiger partial charge on any atom is -0.478 e. The molecule has 0 aliphatic carbocycles. The molecular formula is C24H27NO10. The molecule has 0 radical (unpaired) electrons. The van der Waals surface area contributed by atoms with Gasteiger partial charge in [-0.1, -0.05) is 12.1 Å². The third-order valence-corrected chi connectivity index (χ3v) is 4.56. The topological polar surface area (TPSA) is 127 Å². The summed E-state index contributed by atoms with van der Waals surface area (Å²) in [4.78, 5) is 48.0. The quantitative estimate of drug-likeness (QED) is 0.177. The third kappa shape index (κ3) is 8.22. The lowest BCUT2D eigenvalue weighted by Crippen LogP contribution is -2.36. The smallest absolute Gasteiger partial charge is 0.343 e. The number of hydrogen-bond acceptors (Lipinski definition) is 11. The van der Waals surface area contributed by atoms with E-state index in [-0.39, 0.29) is 36.9 Å². The Kier molecular flexibility index (Phi) is 10.3. The van der Waals surface area contributed by atoms with Gasteiger partial charge in [0.05, 0.1) is 27.0 Å². The highest BCUT2D eigenvalue weighted by Gasteiger charge is 2.22. The number of benzene rings is 2. The minimum atomic E-state index is -0.920. The van der Waals surface area contributed by atoms with Crippen LogP contribution in [-0.4, -0.2) is 71.5 Å². The Hall–Kier alpha value is -4.28. The molecule has 0 heterocycles. The molecule has 188 valence electrons. The van der Waals surface area contributed by atoms with Crippen molar-refractivity contribution in [2.75, 3.05) is 45.9 Å². The second-order valence-electron chi connectivity index (χ2n) is 6.97.